The number of carbonyl (C=O) groups is 1. The van der Waals surface area contributed by atoms with Crippen LogP contribution in [0.5, 0.6) is 0 Å². The summed E-state index contributed by atoms with van der Waals surface area (Å²) >= 11 is 0. The zero-order chi connectivity index (χ0) is 12.9. The first kappa shape index (κ1) is 14.2. The number of amides is 1. The van der Waals surface area contributed by atoms with Gasteiger partial charge in [-0.1, -0.05) is 0 Å². The van der Waals surface area contributed by atoms with Gasteiger partial charge in [-0.25, -0.2) is 0 Å². The van der Waals surface area contributed by atoms with Gasteiger partial charge in [0.15, 0.2) is 0 Å². The molecule has 1 aliphatic rings. The fraction of sp³-hybridized carbons (Fsp3) is 0.900. The summed E-state index contributed by atoms with van der Waals surface area (Å²) in [5.41, 5.74) is 5.18. The summed E-state index contributed by atoms with van der Waals surface area (Å²) < 4.78 is 38.6. The molecule has 0 bridgehead atoms. The Hall–Kier alpha value is -0.820. The minimum atomic E-state index is -4.56. The lowest BCUT2D eigenvalue weighted by molar-refractivity contribution is -0.323. The van der Waals surface area contributed by atoms with Crippen molar-refractivity contribution in [2.75, 3.05) is 13.2 Å². The van der Waals surface area contributed by atoms with Crippen molar-refractivity contribution in [1.82, 2.24) is 5.32 Å². The number of primary amides is 1. The van der Waals surface area contributed by atoms with Crippen LogP contribution in [0.25, 0.3) is 0 Å². The molecule has 0 heterocycles. The Bertz CT molecular complexity index is 250. The van der Waals surface area contributed by atoms with Crippen molar-refractivity contribution in [3.8, 4) is 0 Å². The van der Waals surface area contributed by atoms with E-state index < -0.39 is 6.36 Å². The summed E-state index contributed by atoms with van der Waals surface area (Å²) in [6.07, 6.45) is -1.63. The van der Waals surface area contributed by atoms with Crippen LogP contribution < -0.4 is 11.1 Å². The third kappa shape index (κ3) is 5.88. The van der Waals surface area contributed by atoms with E-state index in [1.54, 1.807) is 0 Å². The van der Waals surface area contributed by atoms with Gasteiger partial charge in [0.1, 0.15) is 0 Å². The second-order valence-corrected chi connectivity index (χ2v) is 4.20. The summed E-state index contributed by atoms with van der Waals surface area (Å²) in [6, 6.07) is 0.155. The smallest absolute Gasteiger partial charge is 0.369 e. The SMILES string of the molecule is NC(=O)C1CCC(NCCOC(F)(F)F)CC1. The van der Waals surface area contributed by atoms with Crippen molar-refractivity contribution in [2.45, 2.75) is 38.1 Å². The maximum absolute atomic E-state index is 11.7. The molecule has 1 fully saturated rings. The molecular weight excluding hydrogens is 237 g/mol. The van der Waals surface area contributed by atoms with E-state index in [9.17, 15) is 18.0 Å². The molecule has 0 saturated heterocycles. The van der Waals surface area contributed by atoms with Gasteiger partial charge in [0.05, 0.1) is 6.61 Å². The molecule has 1 saturated carbocycles. The van der Waals surface area contributed by atoms with E-state index in [-0.39, 0.29) is 31.0 Å². The largest absolute Gasteiger partial charge is 0.522 e. The van der Waals surface area contributed by atoms with E-state index >= 15 is 0 Å². The minimum Gasteiger partial charge on any atom is -0.369 e. The lowest BCUT2D eigenvalue weighted by Crippen LogP contribution is -2.38. The number of rotatable bonds is 5. The summed E-state index contributed by atoms with van der Waals surface area (Å²) in [7, 11) is 0. The highest BCUT2D eigenvalue weighted by atomic mass is 19.4. The standard InChI is InChI=1S/C10H17F3N2O2/c11-10(12,13)17-6-5-15-8-3-1-7(2-4-8)9(14)16/h7-8,15H,1-6H2,(H2,14,16). The van der Waals surface area contributed by atoms with Gasteiger partial charge in [0.2, 0.25) is 5.91 Å². The second-order valence-electron chi connectivity index (χ2n) is 4.20. The van der Waals surface area contributed by atoms with Crippen LogP contribution in [0.4, 0.5) is 13.2 Å². The number of ether oxygens (including phenoxy) is 1. The fourth-order valence-electron chi connectivity index (χ4n) is 2.01. The highest BCUT2D eigenvalue weighted by molar-refractivity contribution is 5.76. The van der Waals surface area contributed by atoms with Crippen LogP contribution in [-0.4, -0.2) is 31.5 Å². The van der Waals surface area contributed by atoms with E-state index in [1.807, 2.05) is 0 Å². The molecule has 1 amide bonds. The third-order valence-electron chi connectivity index (χ3n) is 2.93. The Morgan fingerprint density at radius 3 is 2.35 bits per heavy atom. The number of carbonyl (C=O) groups excluding carboxylic acids is 1. The molecule has 0 aliphatic heterocycles. The molecule has 0 aromatic rings. The lowest BCUT2D eigenvalue weighted by atomic mass is 9.85. The molecule has 3 N–H and O–H groups in total. The molecule has 4 nitrogen and oxygen atoms in total. The first-order valence-electron chi connectivity index (χ1n) is 5.62. The van der Waals surface area contributed by atoms with E-state index in [2.05, 4.69) is 10.1 Å². The number of alkyl halides is 3. The average molecular weight is 254 g/mol. The van der Waals surface area contributed by atoms with Crippen LogP contribution in [0.1, 0.15) is 25.7 Å². The first-order valence-corrected chi connectivity index (χ1v) is 5.62. The molecule has 1 aliphatic carbocycles. The molecule has 17 heavy (non-hydrogen) atoms. The van der Waals surface area contributed by atoms with Gasteiger partial charge >= 0.3 is 6.36 Å². The number of halogens is 3. The number of hydrogen-bond acceptors (Lipinski definition) is 3. The van der Waals surface area contributed by atoms with Crippen LogP contribution in [-0.2, 0) is 9.53 Å². The Balaban J connectivity index is 2.09. The number of nitrogens with one attached hydrogen (secondary N) is 1. The van der Waals surface area contributed by atoms with Crippen LogP contribution in [0.15, 0.2) is 0 Å². The summed E-state index contributed by atoms with van der Waals surface area (Å²) in [4.78, 5) is 10.9. The zero-order valence-corrected chi connectivity index (χ0v) is 9.43. The van der Waals surface area contributed by atoms with Gasteiger partial charge < -0.3 is 11.1 Å². The molecule has 7 heteroatoms. The maximum Gasteiger partial charge on any atom is 0.522 e. The Labute approximate surface area is 97.7 Å². The van der Waals surface area contributed by atoms with Crippen LogP contribution in [0.3, 0.4) is 0 Å². The molecule has 100 valence electrons. The summed E-state index contributed by atoms with van der Waals surface area (Å²) in [5, 5.41) is 2.98. The van der Waals surface area contributed by atoms with Crippen LogP contribution in [0, 0.1) is 5.92 Å². The van der Waals surface area contributed by atoms with E-state index in [1.165, 1.54) is 0 Å². The summed E-state index contributed by atoms with van der Waals surface area (Å²) in [6.45, 7) is -0.231. The van der Waals surface area contributed by atoms with Gasteiger partial charge in [-0.15, -0.1) is 13.2 Å². The van der Waals surface area contributed by atoms with Gasteiger partial charge in [-0.05, 0) is 25.7 Å². The van der Waals surface area contributed by atoms with Gasteiger partial charge in [-0.3, -0.25) is 9.53 Å². The first-order chi connectivity index (χ1) is 7.88. The van der Waals surface area contributed by atoms with E-state index in [4.69, 9.17) is 5.73 Å². The topological polar surface area (TPSA) is 64.4 Å². The molecule has 0 atom stereocenters. The summed E-state index contributed by atoms with van der Waals surface area (Å²) in [5.74, 6) is -0.372. The Kier molecular flexibility index (Phi) is 5.20. The molecule has 0 radical (unpaired) electrons. The van der Waals surface area contributed by atoms with Gasteiger partial charge in [0.25, 0.3) is 0 Å². The molecule has 1 rings (SSSR count). The van der Waals surface area contributed by atoms with Crippen molar-refractivity contribution >= 4 is 5.91 Å². The minimum absolute atomic E-state index is 0.0838. The zero-order valence-electron chi connectivity index (χ0n) is 9.43. The molecule has 0 unspecified atom stereocenters. The van der Waals surface area contributed by atoms with E-state index in [0.717, 1.165) is 12.8 Å². The fourth-order valence-corrected chi connectivity index (χ4v) is 2.01. The van der Waals surface area contributed by atoms with Gasteiger partial charge in [0, 0.05) is 18.5 Å². The maximum atomic E-state index is 11.7. The average Bonchev–Trinajstić information content (AvgIpc) is 2.24. The van der Waals surface area contributed by atoms with Crippen molar-refractivity contribution in [1.29, 1.82) is 0 Å². The van der Waals surface area contributed by atoms with Crippen molar-refractivity contribution in [3.05, 3.63) is 0 Å². The monoisotopic (exact) mass is 254 g/mol. The second kappa shape index (κ2) is 6.20. The predicted molar refractivity (Wildman–Crippen MR) is 55.0 cm³/mol. The predicted octanol–water partition coefficient (Wildman–Crippen LogP) is 1.16. The highest BCUT2D eigenvalue weighted by Crippen LogP contribution is 2.23. The van der Waals surface area contributed by atoms with Crippen LogP contribution >= 0.6 is 0 Å². The quantitative estimate of drug-likeness (QED) is 0.723. The molecule has 0 aromatic carbocycles. The van der Waals surface area contributed by atoms with Crippen molar-refractivity contribution < 1.29 is 22.7 Å². The van der Waals surface area contributed by atoms with Crippen LogP contribution in [0.2, 0.25) is 0 Å². The Morgan fingerprint density at radius 1 is 1.29 bits per heavy atom. The molecule has 0 aromatic heterocycles. The number of hydrogen-bond donors (Lipinski definition) is 2. The van der Waals surface area contributed by atoms with Crippen molar-refractivity contribution in [2.24, 2.45) is 11.7 Å². The third-order valence-corrected chi connectivity index (χ3v) is 2.93. The normalized spacial score (nSPS) is 25.8. The van der Waals surface area contributed by atoms with E-state index in [0.29, 0.717) is 12.8 Å². The van der Waals surface area contributed by atoms with Crippen molar-refractivity contribution in [3.63, 3.8) is 0 Å². The Morgan fingerprint density at radius 2 is 1.88 bits per heavy atom. The number of nitrogens with two attached hydrogens (primary N) is 1. The highest BCUT2D eigenvalue weighted by Gasteiger charge is 2.29. The van der Waals surface area contributed by atoms with Gasteiger partial charge in [-0.2, -0.15) is 0 Å². The lowest BCUT2D eigenvalue weighted by Gasteiger charge is -2.27. The molecular formula is C10H17F3N2O2. The molecule has 0 spiro atoms.